The third-order valence-corrected chi connectivity index (χ3v) is 4.95. The van der Waals surface area contributed by atoms with Crippen molar-refractivity contribution in [2.24, 2.45) is 5.41 Å². The Morgan fingerprint density at radius 2 is 1.20 bits per heavy atom. The van der Waals surface area contributed by atoms with Crippen molar-refractivity contribution in [3.05, 3.63) is 78.7 Å². The van der Waals surface area contributed by atoms with E-state index >= 15 is 0 Å². The van der Waals surface area contributed by atoms with Crippen LogP contribution >= 0.6 is 0 Å². The Morgan fingerprint density at radius 3 is 1.50 bits per heavy atom. The predicted molar refractivity (Wildman–Crippen MR) is 87.7 cm³/mol. The van der Waals surface area contributed by atoms with Gasteiger partial charge in [0.25, 0.3) is 0 Å². The van der Waals surface area contributed by atoms with Gasteiger partial charge in [0.2, 0.25) is 0 Å². The first kappa shape index (κ1) is 14.8. The highest BCUT2D eigenvalue weighted by atomic mass is 14.5. The van der Waals surface area contributed by atoms with E-state index in [0.717, 1.165) is 12.8 Å². The smallest absolute Gasteiger partial charge is 0.0253 e. The summed E-state index contributed by atoms with van der Waals surface area (Å²) in [7, 11) is 0. The fourth-order valence-electron chi connectivity index (χ4n) is 3.32. The summed E-state index contributed by atoms with van der Waals surface area (Å²) in [5.41, 5.74) is 2.85. The molecule has 0 atom stereocenters. The van der Waals surface area contributed by atoms with Crippen LogP contribution in [0.15, 0.2) is 60.7 Å². The third kappa shape index (κ3) is 2.28. The van der Waals surface area contributed by atoms with Crippen molar-refractivity contribution >= 4 is 0 Å². The molecule has 0 heterocycles. The van der Waals surface area contributed by atoms with E-state index < -0.39 is 0 Å². The maximum absolute atomic E-state index is 4.33. The van der Waals surface area contributed by atoms with Gasteiger partial charge in [-0.1, -0.05) is 88.4 Å². The first-order valence-electron chi connectivity index (χ1n) is 7.49. The summed E-state index contributed by atoms with van der Waals surface area (Å²) in [6.45, 7) is 11.3. The second-order valence-electron chi connectivity index (χ2n) is 6.12. The third-order valence-electron chi connectivity index (χ3n) is 4.95. The first-order valence-corrected chi connectivity index (χ1v) is 7.49. The molecule has 105 valence electrons. The normalized spacial score (nSPS) is 12.4. The fraction of sp³-hybridized carbons (Fsp3) is 0.350. The van der Waals surface area contributed by atoms with Gasteiger partial charge in [0, 0.05) is 5.41 Å². The molecular formula is C20H25. The Bertz CT molecular complexity index is 483. The minimum Gasteiger partial charge on any atom is -0.0648 e. The van der Waals surface area contributed by atoms with Gasteiger partial charge < -0.3 is 0 Å². The van der Waals surface area contributed by atoms with Gasteiger partial charge in [-0.25, -0.2) is 0 Å². The lowest BCUT2D eigenvalue weighted by atomic mass is 9.56. The van der Waals surface area contributed by atoms with Crippen LogP contribution in [0.4, 0.5) is 0 Å². The van der Waals surface area contributed by atoms with E-state index in [9.17, 15) is 0 Å². The Hall–Kier alpha value is -1.56. The van der Waals surface area contributed by atoms with Crippen LogP contribution in [-0.4, -0.2) is 0 Å². The molecule has 0 amide bonds. The van der Waals surface area contributed by atoms with E-state index in [2.05, 4.69) is 88.4 Å². The summed E-state index contributed by atoms with van der Waals surface area (Å²) in [6.07, 6.45) is 1.98. The second kappa shape index (κ2) is 5.83. The zero-order valence-corrected chi connectivity index (χ0v) is 12.9. The van der Waals surface area contributed by atoms with E-state index in [-0.39, 0.29) is 10.8 Å². The van der Waals surface area contributed by atoms with Crippen LogP contribution in [0.1, 0.15) is 44.7 Å². The molecule has 1 radical (unpaired) electrons. The van der Waals surface area contributed by atoms with Gasteiger partial charge in [0.1, 0.15) is 0 Å². The standard InChI is InChI=1S/C20H25/c1-5-19(3,4)20(6-2,17-13-9-7-10-14-17)18-15-11-8-12-16-18/h7-16H,2,5-6H2,1,3-4H3. The molecule has 0 unspecified atom stereocenters. The van der Waals surface area contributed by atoms with E-state index in [1.807, 2.05) is 0 Å². The second-order valence-corrected chi connectivity index (χ2v) is 6.12. The lowest BCUT2D eigenvalue weighted by Crippen LogP contribution is -2.42. The summed E-state index contributed by atoms with van der Waals surface area (Å²) in [6, 6.07) is 21.7. The van der Waals surface area contributed by atoms with Gasteiger partial charge in [-0.3, -0.25) is 0 Å². The van der Waals surface area contributed by atoms with E-state index in [1.165, 1.54) is 11.1 Å². The van der Waals surface area contributed by atoms with Crippen LogP contribution in [-0.2, 0) is 5.41 Å². The first-order chi connectivity index (χ1) is 9.58. The molecule has 2 rings (SSSR count). The monoisotopic (exact) mass is 265 g/mol. The molecule has 0 aromatic heterocycles. The van der Waals surface area contributed by atoms with Crippen molar-refractivity contribution in [1.82, 2.24) is 0 Å². The number of benzene rings is 2. The highest BCUT2D eigenvalue weighted by Gasteiger charge is 2.44. The Morgan fingerprint density at radius 1 is 0.800 bits per heavy atom. The number of hydrogen-bond donors (Lipinski definition) is 0. The molecule has 2 aromatic rings. The van der Waals surface area contributed by atoms with Gasteiger partial charge in [-0.15, -0.1) is 0 Å². The quantitative estimate of drug-likeness (QED) is 0.657. The SMILES string of the molecule is [CH2]CC(c1ccccc1)(c1ccccc1)C(C)(C)CC. The summed E-state index contributed by atoms with van der Waals surface area (Å²) < 4.78 is 0. The molecule has 0 aliphatic rings. The van der Waals surface area contributed by atoms with Gasteiger partial charge in [0.05, 0.1) is 0 Å². The van der Waals surface area contributed by atoms with E-state index in [0.29, 0.717) is 0 Å². The minimum absolute atomic E-state index is 0.0374. The molecule has 0 bridgehead atoms. The Labute approximate surface area is 123 Å². The summed E-state index contributed by atoms with van der Waals surface area (Å²) in [4.78, 5) is 0. The highest BCUT2D eigenvalue weighted by molar-refractivity contribution is 5.42. The van der Waals surface area contributed by atoms with Gasteiger partial charge in [0.15, 0.2) is 0 Å². The van der Waals surface area contributed by atoms with Crippen molar-refractivity contribution < 1.29 is 0 Å². The molecule has 0 fully saturated rings. The Kier molecular flexibility index (Phi) is 4.32. The van der Waals surface area contributed by atoms with Crippen molar-refractivity contribution in [1.29, 1.82) is 0 Å². The van der Waals surface area contributed by atoms with Crippen LogP contribution in [0.3, 0.4) is 0 Å². The van der Waals surface area contributed by atoms with Crippen LogP contribution in [0.25, 0.3) is 0 Å². The zero-order valence-electron chi connectivity index (χ0n) is 12.9. The number of rotatable bonds is 5. The Balaban J connectivity index is 2.72. The van der Waals surface area contributed by atoms with Crippen LogP contribution in [0.5, 0.6) is 0 Å². The average Bonchev–Trinajstić information content (AvgIpc) is 2.50. The van der Waals surface area contributed by atoms with E-state index in [4.69, 9.17) is 0 Å². The lowest BCUT2D eigenvalue weighted by Gasteiger charge is -2.47. The zero-order chi connectivity index (χ0) is 14.6. The molecule has 0 aliphatic heterocycles. The molecule has 20 heavy (non-hydrogen) atoms. The van der Waals surface area contributed by atoms with Crippen molar-refractivity contribution in [3.63, 3.8) is 0 Å². The van der Waals surface area contributed by atoms with Crippen LogP contribution < -0.4 is 0 Å². The van der Waals surface area contributed by atoms with Crippen molar-refractivity contribution in [2.75, 3.05) is 0 Å². The maximum atomic E-state index is 4.33. The largest absolute Gasteiger partial charge is 0.0648 e. The summed E-state index contributed by atoms with van der Waals surface area (Å²) >= 11 is 0. The number of hydrogen-bond acceptors (Lipinski definition) is 0. The molecule has 2 aromatic carbocycles. The highest BCUT2D eigenvalue weighted by Crippen LogP contribution is 2.51. The summed E-state index contributed by atoms with van der Waals surface area (Å²) in [5, 5.41) is 0. The molecule has 0 saturated heterocycles. The average molecular weight is 265 g/mol. The fourth-order valence-corrected chi connectivity index (χ4v) is 3.32. The minimum atomic E-state index is -0.0374. The molecule has 0 heteroatoms. The molecule has 0 N–H and O–H groups in total. The van der Waals surface area contributed by atoms with E-state index in [1.54, 1.807) is 0 Å². The maximum Gasteiger partial charge on any atom is 0.0253 e. The predicted octanol–water partition coefficient (Wildman–Crippen LogP) is 5.63. The summed E-state index contributed by atoms with van der Waals surface area (Å²) in [5.74, 6) is 0. The van der Waals surface area contributed by atoms with Gasteiger partial charge in [-0.05, 0) is 29.4 Å². The van der Waals surface area contributed by atoms with Crippen molar-refractivity contribution in [3.8, 4) is 0 Å². The molecule has 0 aliphatic carbocycles. The molecule has 0 saturated carbocycles. The van der Waals surface area contributed by atoms with Crippen molar-refractivity contribution in [2.45, 2.75) is 39.0 Å². The van der Waals surface area contributed by atoms with Crippen LogP contribution in [0.2, 0.25) is 0 Å². The van der Waals surface area contributed by atoms with Gasteiger partial charge in [-0.2, -0.15) is 0 Å². The molecule has 0 spiro atoms. The topological polar surface area (TPSA) is 0 Å². The van der Waals surface area contributed by atoms with Gasteiger partial charge >= 0.3 is 0 Å². The molecule has 0 nitrogen and oxygen atoms in total. The lowest BCUT2D eigenvalue weighted by molar-refractivity contribution is 0.192. The van der Waals surface area contributed by atoms with Crippen LogP contribution in [0, 0.1) is 12.3 Å². The molecular weight excluding hydrogens is 240 g/mol.